The van der Waals surface area contributed by atoms with Crippen molar-refractivity contribution in [2.45, 2.75) is 31.7 Å². The molecule has 0 radical (unpaired) electrons. The second kappa shape index (κ2) is 8.99. The van der Waals surface area contributed by atoms with Crippen molar-refractivity contribution in [3.05, 3.63) is 48.3 Å². The van der Waals surface area contributed by atoms with E-state index in [0.717, 1.165) is 38.2 Å². The van der Waals surface area contributed by atoms with Gasteiger partial charge in [0.05, 0.1) is 5.69 Å². The Bertz CT molecular complexity index is 760. The van der Waals surface area contributed by atoms with E-state index < -0.39 is 5.82 Å². The van der Waals surface area contributed by atoms with Crippen LogP contribution in [0.3, 0.4) is 0 Å². The van der Waals surface area contributed by atoms with Crippen LogP contribution in [-0.2, 0) is 6.54 Å². The molecule has 0 aliphatic carbocycles. The Morgan fingerprint density at radius 1 is 1.37 bits per heavy atom. The fourth-order valence-corrected chi connectivity index (χ4v) is 3.56. The molecular formula is C20H28FN5O. The number of hydrogen-bond acceptors (Lipinski definition) is 3. The number of benzene rings is 1. The van der Waals surface area contributed by atoms with Crippen LogP contribution >= 0.6 is 0 Å². The number of aromatic nitrogens is 2. The molecule has 2 aromatic rings. The Kier molecular flexibility index (Phi) is 6.45. The van der Waals surface area contributed by atoms with Gasteiger partial charge in [-0.15, -0.1) is 0 Å². The van der Waals surface area contributed by atoms with Gasteiger partial charge >= 0.3 is 6.03 Å². The molecule has 7 heteroatoms. The van der Waals surface area contributed by atoms with Crippen molar-refractivity contribution < 1.29 is 9.18 Å². The molecule has 27 heavy (non-hydrogen) atoms. The number of halogens is 1. The number of aryl methyl sites for hydroxylation is 1. The van der Waals surface area contributed by atoms with Gasteiger partial charge in [-0.1, -0.05) is 12.1 Å². The van der Waals surface area contributed by atoms with Gasteiger partial charge in [-0.2, -0.15) is 0 Å². The number of hydrogen-bond donors (Lipinski definition) is 1. The van der Waals surface area contributed by atoms with Crippen LogP contribution in [-0.4, -0.2) is 59.1 Å². The molecular weight excluding hydrogens is 345 g/mol. The predicted molar refractivity (Wildman–Crippen MR) is 104 cm³/mol. The van der Waals surface area contributed by atoms with Gasteiger partial charge in [0.1, 0.15) is 11.6 Å². The van der Waals surface area contributed by atoms with E-state index in [9.17, 15) is 9.18 Å². The Hall–Kier alpha value is -2.41. The number of carbonyl (C=O) groups is 1. The van der Waals surface area contributed by atoms with Gasteiger partial charge in [-0.05, 0) is 52.0 Å². The van der Waals surface area contributed by atoms with Crippen LogP contribution in [0, 0.1) is 5.82 Å². The van der Waals surface area contributed by atoms with Crippen LogP contribution < -0.4 is 5.32 Å². The van der Waals surface area contributed by atoms with Crippen LogP contribution in [0.4, 0.5) is 14.9 Å². The lowest BCUT2D eigenvalue weighted by molar-refractivity contribution is 0.190. The van der Waals surface area contributed by atoms with Crippen LogP contribution in [0.2, 0.25) is 0 Å². The molecule has 6 nitrogen and oxygen atoms in total. The van der Waals surface area contributed by atoms with Crippen molar-refractivity contribution in [1.29, 1.82) is 0 Å². The SMILES string of the molecule is CN(C)CCCn1ccnc1C1CCCN(C(=O)Nc2ccccc2F)C1. The molecule has 0 spiro atoms. The van der Waals surface area contributed by atoms with Gasteiger partial charge in [0.25, 0.3) is 0 Å². The Balaban J connectivity index is 1.62. The van der Waals surface area contributed by atoms with Crippen molar-refractivity contribution in [2.75, 3.05) is 39.0 Å². The highest BCUT2D eigenvalue weighted by Gasteiger charge is 2.27. The zero-order chi connectivity index (χ0) is 19.2. The summed E-state index contributed by atoms with van der Waals surface area (Å²) in [7, 11) is 4.14. The number of amides is 2. The summed E-state index contributed by atoms with van der Waals surface area (Å²) in [6.45, 7) is 3.23. The van der Waals surface area contributed by atoms with E-state index in [-0.39, 0.29) is 17.6 Å². The van der Waals surface area contributed by atoms with Crippen LogP contribution in [0.15, 0.2) is 36.7 Å². The third-order valence-corrected chi connectivity index (χ3v) is 4.94. The molecule has 1 aromatic carbocycles. The molecule has 1 aromatic heterocycles. The number of piperidine rings is 1. The zero-order valence-corrected chi connectivity index (χ0v) is 16.1. The lowest BCUT2D eigenvalue weighted by Gasteiger charge is -2.32. The first-order chi connectivity index (χ1) is 13.0. The van der Waals surface area contributed by atoms with Crippen LogP contribution in [0.5, 0.6) is 0 Å². The van der Waals surface area contributed by atoms with Crippen molar-refractivity contribution >= 4 is 11.7 Å². The zero-order valence-electron chi connectivity index (χ0n) is 16.1. The molecule has 1 saturated heterocycles. The summed E-state index contributed by atoms with van der Waals surface area (Å²) in [5.41, 5.74) is 0.217. The Morgan fingerprint density at radius 2 is 2.19 bits per heavy atom. The smallest absolute Gasteiger partial charge is 0.321 e. The standard InChI is InChI=1S/C20H28FN5O/c1-24(2)11-6-13-25-14-10-22-19(25)16-7-5-12-26(15-16)20(27)23-18-9-4-3-8-17(18)21/h3-4,8-10,14,16H,5-7,11-13,15H2,1-2H3,(H,23,27). The number of urea groups is 1. The predicted octanol–water partition coefficient (Wildman–Crippen LogP) is 3.39. The van der Waals surface area contributed by atoms with E-state index in [4.69, 9.17) is 0 Å². The summed E-state index contributed by atoms with van der Waals surface area (Å²) in [4.78, 5) is 21.1. The van der Waals surface area contributed by atoms with Crippen LogP contribution in [0.25, 0.3) is 0 Å². The minimum atomic E-state index is -0.421. The number of likely N-dealkylation sites (tertiary alicyclic amines) is 1. The number of para-hydroxylation sites is 1. The number of carbonyl (C=O) groups excluding carboxylic acids is 1. The maximum Gasteiger partial charge on any atom is 0.321 e. The van der Waals surface area contributed by atoms with Crippen molar-refractivity contribution in [3.63, 3.8) is 0 Å². The molecule has 1 aliphatic rings. The highest BCUT2D eigenvalue weighted by molar-refractivity contribution is 5.89. The van der Waals surface area contributed by atoms with Gasteiger partial charge in [-0.3, -0.25) is 0 Å². The van der Waals surface area contributed by atoms with E-state index in [1.54, 1.807) is 23.1 Å². The minimum Gasteiger partial charge on any atom is -0.335 e. The highest BCUT2D eigenvalue weighted by atomic mass is 19.1. The second-order valence-electron chi connectivity index (χ2n) is 7.33. The third kappa shape index (κ3) is 5.07. The lowest BCUT2D eigenvalue weighted by atomic mass is 9.97. The molecule has 2 heterocycles. The lowest BCUT2D eigenvalue weighted by Crippen LogP contribution is -2.42. The molecule has 1 aliphatic heterocycles. The third-order valence-electron chi connectivity index (χ3n) is 4.94. The normalized spacial score (nSPS) is 17.3. The number of anilines is 1. The van der Waals surface area contributed by atoms with Crippen LogP contribution in [0.1, 0.15) is 31.0 Å². The number of nitrogens with zero attached hydrogens (tertiary/aromatic N) is 4. The fraction of sp³-hybridized carbons (Fsp3) is 0.500. The molecule has 1 N–H and O–H groups in total. The van der Waals surface area contributed by atoms with Gasteiger partial charge < -0.3 is 19.7 Å². The number of rotatable bonds is 6. The van der Waals surface area contributed by atoms with Crippen molar-refractivity contribution in [2.24, 2.45) is 0 Å². The van der Waals surface area contributed by atoms with E-state index >= 15 is 0 Å². The maximum absolute atomic E-state index is 13.8. The summed E-state index contributed by atoms with van der Waals surface area (Å²) < 4.78 is 16.0. The highest BCUT2D eigenvalue weighted by Crippen LogP contribution is 2.26. The Morgan fingerprint density at radius 3 is 2.96 bits per heavy atom. The monoisotopic (exact) mass is 373 g/mol. The van der Waals surface area contributed by atoms with Gasteiger partial charge in [-0.25, -0.2) is 14.2 Å². The first-order valence-corrected chi connectivity index (χ1v) is 9.51. The topological polar surface area (TPSA) is 53.4 Å². The summed E-state index contributed by atoms with van der Waals surface area (Å²) in [5.74, 6) is 0.826. The average molecular weight is 373 g/mol. The van der Waals surface area contributed by atoms with Gasteiger partial charge in [0.15, 0.2) is 0 Å². The molecule has 0 bridgehead atoms. The summed E-state index contributed by atoms with van der Waals surface area (Å²) in [5, 5.41) is 2.69. The molecule has 3 rings (SSSR count). The van der Waals surface area contributed by atoms with E-state index in [2.05, 4.69) is 33.9 Å². The maximum atomic E-state index is 13.8. The minimum absolute atomic E-state index is 0.208. The average Bonchev–Trinajstić information content (AvgIpc) is 3.12. The van der Waals surface area contributed by atoms with Gasteiger partial charge in [0.2, 0.25) is 0 Å². The molecule has 1 atom stereocenters. The van der Waals surface area contributed by atoms with E-state index in [1.165, 1.54) is 6.07 Å². The van der Waals surface area contributed by atoms with Crippen molar-refractivity contribution in [1.82, 2.24) is 19.4 Å². The largest absolute Gasteiger partial charge is 0.335 e. The second-order valence-corrected chi connectivity index (χ2v) is 7.33. The quantitative estimate of drug-likeness (QED) is 0.845. The molecule has 1 unspecified atom stereocenters. The van der Waals surface area contributed by atoms with E-state index in [1.807, 2.05) is 12.4 Å². The summed E-state index contributed by atoms with van der Waals surface area (Å²) in [6, 6.07) is 5.99. The summed E-state index contributed by atoms with van der Waals surface area (Å²) in [6.07, 6.45) is 6.83. The number of imidazole rings is 1. The first-order valence-electron chi connectivity index (χ1n) is 9.51. The molecule has 0 saturated carbocycles. The first kappa shape index (κ1) is 19.4. The fourth-order valence-electron chi connectivity index (χ4n) is 3.56. The molecule has 2 amide bonds. The molecule has 1 fully saturated rings. The van der Waals surface area contributed by atoms with E-state index in [0.29, 0.717) is 13.1 Å². The Labute approximate surface area is 160 Å². The van der Waals surface area contributed by atoms with Crippen molar-refractivity contribution in [3.8, 4) is 0 Å². The molecule has 146 valence electrons. The number of nitrogens with one attached hydrogen (secondary N) is 1. The van der Waals surface area contributed by atoms with Gasteiger partial charge in [0, 0.05) is 37.9 Å². The summed E-state index contributed by atoms with van der Waals surface area (Å²) >= 11 is 0.